The predicted octanol–water partition coefficient (Wildman–Crippen LogP) is 2.05. The van der Waals surface area contributed by atoms with Crippen molar-refractivity contribution in [3.8, 4) is 11.5 Å². The molecule has 0 aliphatic carbocycles. The second-order valence-electron chi connectivity index (χ2n) is 8.35. The van der Waals surface area contributed by atoms with E-state index in [9.17, 15) is 14.7 Å². The molecule has 4 rings (SSSR count). The number of hydrogen-bond acceptors (Lipinski definition) is 6. The summed E-state index contributed by atoms with van der Waals surface area (Å²) in [5.41, 5.74) is 2.34. The van der Waals surface area contributed by atoms with Crippen LogP contribution in [0.5, 0.6) is 11.5 Å². The Balaban J connectivity index is 1.50. The van der Waals surface area contributed by atoms with Gasteiger partial charge in [-0.3, -0.25) is 14.5 Å². The molecule has 0 aromatic heterocycles. The molecule has 2 aliphatic rings. The second kappa shape index (κ2) is 9.58. The number of nitrogens with one attached hydrogen (secondary N) is 2. The van der Waals surface area contributed by atoms with Gasteiger partial charge < -0.3 is 25.2 Å². The summed E-state index contributed by atoms with van der Waals surface area (Å²) in [4.78, 5) is 27.0. The van der Waals surface area contributed by atoms with E-state index in [4.69, 9.17) is 9.47 Å². The third kappa shape index (κ3) is 5.03. The standard InChI is InChI=1S/C24H29N3O5/c1-15(17-5-8-22-20(11-17)25-23(29)14-32-22)24(30)26-21(13-27-10-9-18(28)12-27)16-3-6-19(31-2)7-4-16/h3-8,11,15,18,21,28H,9-10,12-14H2,1-2H3,(H,25,29)(H,26,30)/t15?,18?,21-/m1/s1. The van der Waals surface area contributed by atoms with Crippen molar-refractivity contribution >= 4 is 17.5 Å². The zero-order valence-corrected chi connectivity index (χ0v) is 18.3. The van der Waals surface area contributed by atoms with Crippen LogP contribution in [0.4, 0.5) is 5.69 Å². The molecular weight excluding hydrogens is 410 g/mol. The van der Waals surface area contributed by atoms with E-state index in [1.54, 1.807) is 19.2 Å². The third-order valence-electron chi connectivity index (χ3n) is 6.05. The maximum absolute atomic E-state index is 13.2. The number of carbonyl (C=O) groups excluding carboxylic acids is 2. The van der Waals surface area contributed by atoms with E-state index in [1.807, 2.05) is 37.3 Å². The average molecular weight is 440 g/mol. The summed E-state index contributed by atoms with van der Waals surface area (Å²) >= 11 is 0. The predicted molar refractivity (Wildman–Crippen MR) is 120 cm³/mol. The molecule has 3 atom stereocenters. The van der Waals surface area contributed by atoms with Crippen molar-refractivity contribution in [2.24, 2.45) is 0 Å². The molecule has 0 radical (unpaired) electrons. The number of ether oxygens (including phenoxy) is 2. The summed E-state index contributed by atoms with van der Waals surface area (Å²) in [7, 11) is 1.62. The van der Waals surface area contributed by atoms with Crippen molar-refractivity contribution in [2.45, 2.75) is 31.4 Å². The number of benzene rings is 2. The van der Waals surface area contributed by atoms with Crippen LogP contribution < -0.4 is 20.1 Å². The number of aliphatic hydroxyl groups excluding tert-OH is 1. The summed E-state index contributed by atoms with van der Waals surface area (Å²) in [6.45, 7) is 3.84. The first-order valence-corrected chi connectivity index (χ1v) is 10.8. The van der Waals surface area contributed by atoms with Gasteiger partial charge in [-0.15, -0.1) is 0 Å². The molecule has 0 spiro atoms. The zero-order chi connectivity index (χ0) is 22.7. The van der Waals surface area contributed by atoms with Crippen LogP contribution in [0.25, 0.3) is 0 Å². The smallest absolute Gasteiger partial charge is 0.262 e. The quantitative estimate of drug-likeness (QED) is 0.611. The van der Waals surface area contributed by atoms with Gasteiger partial charge in [0.15, 0.2) is 6.61 Å². The lowest BCUT2D eigenvalue weighted by atomic mass is 9.97. The van der Waals surface area contributed by atoms with Crippen molar-refractivity contribution in [2.75, 3.05) is 38.7 Å². The first-order chi connectivity index (χ1) is 15.4. The van der Waals surface area contributed by atoms with E-state index in [0.717, 1.165) is 29.8 Å². The molecule has 8 nitrogen and oxygen atoms in total. The van der Waals surface area contributed by atoms with Gasteiger partial charge >= 0.3 is 0 Å². The molecular formula is C24H29N3O5. The summed E-state index contributed by atoms with van der Waals surface area (Å²) in [5, 5.41) is 15.9. The number of carbonyl (C=O) groups is 2. The molecule has 2 aromatic carbocycles. The molecule has 2 unspecified atom stereocenters. The highest BCUT2D eigenvalue weighted by Crippen LogP contribution is 2.31. The number of rotatable bonds is 7. The average Bonchev–Trinajstić information content (AvgIpc) is 3.22. The molecule has 32 heavy (non-hydrogen) atoms. The molecule has 170 valence electrons. The molecule has 0 bridgehead atoms. The highest BCUT2D eigenvalue weighted by Gasteiger charge is 2.27. The van der Waals surface area contributed by atoms with Gasteiger partial charge in [0.05, 0.1) is 30.9 Å². The fourth-order valence-corrected chi connectivity index (χ4v) is 4.13. The molecule has 8 heteroatoms. The van der Waals surface area contributed by atoms with Crippen LogP contribution in [-0.4, -0.2) is 61.3 Å². The van der Waals surface area contributed by atoms with Crippen molar-refractivity contribution in [3.05, 3.63) is 53.6 Å². The van der Waals surface area contributed by atoms with Gasteiger partial charge in [-0.05, 0) is 48.7 Å². The number of β-amino-alcohol motifs (C(OH)–C–C–N with tert-alkyl or cyclic N) is 1. The topological polar surface area (TPSA) is 100 Å². The molecule has 2 amide bonds. The van der Waals surface area contributed by atoms with Gasteiger partial charge in [0.2, 0.25) is 5.91 Å². The van der Waals surface area contributed by atoms with Crippen LogP contribution in [0.15, 0.2) is 42.5 Å². The first kappa shape index (κ1) is 22.1. The summed E-state index contributed by atoms with van der Waals surface area (Å²) in [6.07, 6.45) is 0.414. The molecule has 0 saturated carbocycles. The number of nitrogens with zero attached hydrogens (tertiary/aromatic N) is 1. The van der Waals surface area contributed by atoms with Crippen molar-refractivity contribution < 1.29 is 24.2 Å². The van der Waals surface area contributed by atoms with Gasteiger partial charge in [-0.25, -0.2) is 0 Å². The number of anilines is 1. The minimum absolute atomic E-state index is 0.00285. The zero-order valence-electron chi connectivity index (χ0n) is 18.3. The normalized spacial score (nSPS) is 20.0. The van der Waals surface area contributed by atoms with E-state index in [1.165, 1.54) is 0 Å². The van der Waals surface area contributed by atoms with Gasteiger partial charge in [0, 0.05) is 19.6 Å². The van der Waals surface area contributed by atoms with Crippen LogP contribution in [0, 0.1) is 0 Å². The molecule has 3 N–H and O–H groups in total. The second-order valence-corrected chi connectivity index (χ2v) is 8.35. The maximum Gasteiger partial charge on any atom is 0.262 e. The van der Waals surface area contributed by atoms with E-state index in [2.05, 4.69) is 15.5 Å². The van der Waals surface area contributed by atoms with Crippen molar-refractivity contribution in [1.29, 1.82) is 0 Å². The minimum Gasteiger partial charge on any atom is -0.497 e. The highest BCUT2D eigenvalue weighted by atomic mass is 16.5. The Kier molecular flexibility index (Phi) is 6.62. The van der Waals surface area contributed by atoms with E-state index in [0.29, 0.717) is 24.5 Å². The van der Waals surface area contributed by atoms with E-state index in [-0.39, 0.29) is 30.6 Å². The van der Waals surface area contributed by atoms with Crippen molar-refractivity contribution in [3.63, 3.8) is 0 Å². The Bertz CT molecular complexity index is 978. The summed E-state index contributed by atoms with van der Waals surface area (Å²) < 4.78 is 10.7. The largest absolute Gasteiger partial charge is 0.497 e. The van der Waals surface area contributed by atoms with E-state index >= 15 is 0 Å². The monoisotopic (exact) mass is 439 g/mol. The number of aliphatic hydroxyl groups is 1. The number of likely N-dealkylation sites (tertiary alicyclic amines) is 1. The minimum atomic E-state index is -0.427. The fraction of sp³-hybridized carbons (Fsp3) is 0.417. The first-order valence-electron chi connectivity index (χ1n) is 10.8. The Morgan fingerprint density at radius 2 is 2.03 bits per heavy atom. The summed E-state index contributed by atoms with van der Waals surface area (Å²) in [5.74, 6) is 0.600. The van der Waals surface area contributed by atoms with Crippen LogP contribution in [-0.2, 0) is 9.59 Å². The molecule has 2 aliphatic heterocycles. The lowest BCUT2D eigenvalue weighted by Crippen LogP contribution is -2.39. The Hall–Kier alpha value is -3.10. The molecule has 1 saturated heterocycles. The summed E-state index contributed by atoms with van der Waals surface area (Å²) in [6, 6.07) is 12.8. The van der Waals surface area contributed by atoms with Gasteiger partial charge in [0.25, 0.3) is 5.91 Å². The number of fused-ring (bicyclic) bond motifs is 1. The fourth-order valence-electron chi connectivity index (χ4n) is 4.13. The highest BCUT2D eigenvalue weighted by molar-refractivity contribution is 5.95. The van der Waals surface area contributed by atoms with E-state index < -0.39 is 5.92 Å². The van der Waals surface area contributed by atoms with Gasteiger partial charge in [-0.1, -0.05) is 18.2 Å². The van der Waals surface area contributed by atoms with Crippen LogP contribution >= 0.6 is 0 Å². The number of amides is 2. The van der Waals surface area contributed by atoms with Gasteiger partial charge in [-0.2, -0.15) is 0 Å². The Labute approximate surface area is 187 Å². The van der Waals surface area contributed by atoms with Crippen LogP contribution in [0.1, 0.15) is 36.4 Å². The lowest BCUT2D eigenvalue weighted by Gasteiger charge is -2.27. The molecule has 1 fully saturated rings. The third-order valence-corrected chi connectivity index (χ3v) is 6.05. The molecule has 2 aromatic rings. The Morgan fingerprint density at radius 3 is 2.72 bits per heavy atom. The number of methoxy groups -OCH3 is 1. The van der Waals surface area contributed by atoms with Crippen LogP contribution in [0.3, 0.4) is 0 Å². The van der Waals surface area contributed by atoms with Gasteiger partial charge in [0.1, 0.15) is 11.5 Å². The maximum atomic E-state index is 13.2. The lowest BCUT2D eigenvalue weighted by molar-refractivity contribution is -0.123. The van der Waals surface area contributed by atoms with Crippen molar-refractivity contribution in [1.82, 2.24) is 10.2 Å². The number of hydrogen-bond donors (Lipinski definition) is 3. The molecule has 2 heterocycles. The Morgan fingerprint density at radius 1 is 1.28 bits per heavy atom. The van der Waals surface area contributed by atoms with Crippen LogP contribution in [0.2, 0.25) is 0 Å². The SMILES string of the molecule is COc1ccc([C@@H](CN2CCC(O)C2)NC(=O)C(C)c2ccc3c(c2)NC(=O)CO3)cc1.